The fourth-order valence-corrected chi connectivity index (χ4v) is 0.699. The molecule has 6 heteroatoms. The van der Waals surface area contributed by atoms with Crippen LogP contribution in [0.15, 0.2) is 6.07 Å². The molecule has 12 heavy (non-hydrogen) atoms. The number of rotatable bonds is 2. The minimum Gasteiger partial charge on any atom is -0.382 e. The van der Waals surface area contributed by atoms with Crippen molar-refractivity contribution in [3.05, 3.63) is 11.8 Å². The van der Waals surface area contributed by atoms with Crippen LogP contribution in [-0.2, 0) is 4.84 Å². The number of nitrogen functional groups attached to an aromatic ring is 1. The number of nitrogens with one attached hydrogen (secondary N) is 1. The highest BCUT2D eigenvalue weighted by molar-refractivity contribution is 5.91. The van der Waals surface area contributed by atoms with Gasteiger partial charge in [-0.1, -0.05) is 0 Å². The van der Waals surface area contributed by atoms with Gasteiger partial charge in [0, 0.05) is 13.1 Å². The molecule has 0 saturated carbocycles. The molecule has 0 unspecified atom stereocenters. The standard InChI is InChI=1S/C6H10N4O2/c1-10(12-2)6(11)4-3-5(7)9-8-4/h3H,1-2H3,(H3,7,8,9). The second-order valence-corrected chi connectivity index (χ2v) is 2.19. The van der Waals surface area contributed by atoms with E-state index in [1.807, 2.05) is 0 Å². The van der Waals surface area contributed by atoms with Crippen LogP contribution in [0.4, 0.5) is 5.82 Å². The van der Waals surface area contributed by atoms with Gasteiger partial charge in [0.2, 0.25) is 0 Å². The maximum Gasteiger partial charge on any atom is 0.295 e. The number of hydrogen-bond acceptors (Lipinski definition) is 4. The van der Waals surface area contributed by atoms with E-state index in [9.17, 15) is 4.79 Å². The molecule has 0 saturated heterocycles. The fourth-order valence-electron chi connectivity index (χ4n) is 0.699. The molecule has 1 amide bonds. The van der Waals surface area contributed by atoms with Gasteiger partial charge in [0.25, 0.3) is 5.91 Å². The number of carbonyl (C=O) groups is 1. The van der Waals surface area contributed by atoms with E-state index in [0.29, 0.717) is 5.69 Å². The molecule has 0 atom stereocenters. The Labute approximate surface area is 69.3 Å². The zero-order chi connectivity index (χ0) is 9.14. The minimum atomic E-state index is -0.318. The van der Waals surface area contributed by atoms with E-state index in [4.69, 9.17) is 5.73 Å². The van der Waals surface area contributed by atoms with Gasteiger partial charge in [0.15, 0.2) is 0 Å². The predicted octanol–water partition coefficient (Wildman–Crippen LogP) is -0.375. The van der Waals surface area contributed by atoms with Gasteiger partial charge in [0.1, 0.15) is 11.5 Å². The summed E-state index contributed by atoms with van der Waals surface area (Å²) in [6.45, 7) is 0. The summed E-state index contributed by atoms with van der Waals surface area (Å²) in [5, 5.41) is 7.15. The summed E-state index contributed by atoms with van der Waals surface area (Å²) < 4.78 is 0. The molecular formula is C6H10N4O2. The minimum absolute atomic E-state index is 0.280. The first-order valence-corrected chi connectivity index (χ1v) is 3.28. The summed E-state index contributed by atoms with van der Waals surface area (Å²) in [4.78, 5) is 15.9. The Hall–Kier alpha value is -1.56. The van der Waals surface area contributed by atoms with Crippen molar-refractivity contribution in [1.29, 1.82) is 0 Å². The lowest BCUT2D eigenvalue weighted by Gasteiger charge is -2.11. The maximum absolute atomic E-state index is 11.3. The quantitative estimate of drug-likeness (QED) is 0.593. The van der Waals surface area contributed by atoms with Crippen LogP contribution in [0.3, 0.4) is 0 Å². The molecule has 0 spiro atoms. The van der Waals surface area contributed by atoms with E-state index in [-0.39, 0.29) is 11.7 Å². The molecule has 1 aromatic rings. The van der Waals surface area contributed by atoms with Gasteiger partial charge in [-0.15, -0.1) is 0 Å². The molecule has 0 aliphatic rings. The Morgan fingerprint density at radius 2 is 2.50 bits per heavy atom. The number of nitrogens with two attached hydrogens (primary N) is 1. The van der Waals surface area contributed by atoms with E-state index in [1.54, 1.807) is 0 Å². The lowest BCUT2D eigenvalue weighted by Crippen LogP contribution is -2.25. The smallest absolute Gasteiger partial charge is 0.295 e. The number of carbonyl (C=O) groups excluding carboxylic acids is 1. The van der Waals surface area contributed by atoms with E-state index < -0.39 is 0 Å². The number of nitrogens with zero attached hydrogens (tertiary/aromatic N) is 2. The van der Waals surface area contributed by atoms with Crippen LogP contribution in [0.5, 0.6) is 0 Å². The van der Waals surface area contributed by atoms with Crippen LogP contribution < -0.4 is 5.73 Å². The first kappa shape index (κ1) is 8.54. The van der Waals surface area contributed by atoms with Gasteiger partial charge < -0.3 is 5.73 Å². The Balaban J connectivity index is 2.78. The zero-order valence-electron chi connectivity index (χ0n) is 6.87. The molecule has 1 aromatic heterocycles. The van der Waals surface area contributed by atoms with Gasteiger partial charge >= 0.3 is 0 Å². The summed E-state index contributed by atoms with van der Waals surface area (Å²) >= 11 is 0. The predicted molar refractivity (Wildman–Crippen MR) is 42.1 cm³/mol. The van der Waals surface area contributed by atoms with Crippen molar-refractivity contribution >= 4 is 11.7 Å². The topological polar surface area (TPSA) is 84.2 Å². The highest BCUT2D eigenvalue weighted by atomic mass is 16.7. The van der Waals surface area contributed by atoms with Crippen LogP contribution >= 0.6 is 0 Å². The molecule has 0 aliphatic carbocycles. The van der Waals surface area contributed by atoms with Gasteiger partial charge in [-0.25, -0.2) is 5.06 Å². The van der Waals surface area contributed by atoms with Crippen molar-refractivity contribution in [2.75, 3.05) is 19.9 Å². The van der Waals surface area contributed by atoms with Crippen LogP contribution in [0, 0.1) is 0 Å². The molecule has 0 radical (unpaired) electrons. The average Bonchev–Trinajstić information content (AvgIpc) is 2.49. The van der Waals surface area contributed by atoms with Crippen molar-refractivity contribution in [3.63, 3.8) is 0 Å². The lowest BCUT2D eigenvalue weighted by molar-refractivity contribution is -0.0760. The number of hydrogen-bond donors (Lipinski definition) is 2. The summed E-state index contributed by atoms with van der Waals surface area (Å²) in [7, 11) is 2.90. The van der Waals surface area contributed by atoms with Crippen molar-refractivity contribution in [2.45, 2.75) is 0 Å². The first-order valence-electron chi connectivity index (χ1n) is 3.28. The Bertz CT molecular complexity index is 283. The van der Waals surface area contributed by atoms with Gasteiger partial charge in [-0.3, -0.25) is 14.7 Å². The number of anilines is 1. The first-order chi connectivity index (χ1) is 5.65. The zero-order valence-corrected chi connectivity index (χ0v) is 6.87. The highest BCUT2D eigenvalue weighted by Crippen LogP contribution is 2.03. The van der Waals surface area contributed by atoms with Crippen LogP contribution in [0.25, 0.3) is 0 Å². The maximum atomic E-state index is 11.3. The Kier molecular flexibility index (Phi) is 2.29. The van der Waals surface area contributed by atoms with E-state index in [2.05, 4.69) is 15.0 Å². The molecule has 1 heterocycles. The lowest BCUT2D eigenvalue weighted by atomic mass is 10.4. The second-order valence-electron chi connectivity index (χ2n) is 2.19. The van der Waals surface area contributed by atoms with Gasteiger partial charge in [-0.05, 0) is 0 Å². The SMILES string of the molecule is CON(C)C(=O)c1cc(N)n[nH]1. The summed E-state index contributed by atoms with van der Waals surface area (Å²) in [5.41, 5.74) is 5.61. The summed E-state index contributed by atoms with van der Waals surface area (Å²) in [6, 6.07) is 1.44. The number of aromatic nitrogens is 2. The van der Waals surface area contributed by atoms with Crippen LogP contribution in [0.2, 0.25) is 0 Å². The van der Waals surface area contributed by atoms with Crippen molar-refractivity contribution in [1.82, 2.24) is 15.3 Å². The van der Waals surface area contributed by atoms with E-state index >= 15 is 0 Å². The molecule has 66 valence electrons. The fraction of sp³-hybridized carbons (Fsp3) is 0.333. The van der Waals surface area contributed by atoms with Crippen molar-refractivity contribution < 1.29 is 9.63 Å². The third-order valence-corrected chi connectivity index (χ3v) is 1.39. The molecule has 0 fully saturated rings. The van der Waals surface area contributed by atoms with Crippen LogP contribution in [-0.4, -0.2) is 35.3 Å². The Morgan fingerprint density at radius 1 is 1.83 bits per heavy atom. The summed E-state index contributed by atoms with van der Waals surface area (Å²) in [6.07, 6.45) is 0. The van der Waals surface area contributed by atoms with Crippen LogP contribution in [0.1, 0.15) is 10.5 Å². The van der Waals surface area contributed by atoms with Gasteiger partial charge in [0.05, 0.1) is 7.11 Å². The molecule has 6 nitrogen and oxygen atoms in total. The largest absolute Gasteiger partial charge is 0.382 e. The van der Waals surface area contributed by atoms with Gasteiger partial charge in [-0.2, -0.15) is 5.10 Å². The molecular weight excluding hydrogens is 160 g/mol. The number of aromatic amines is 1. The highest BCUT2D eigenvalue weighted by Gasteiger charge is 2.12. The number of H-pyrrole nitrogens is 1. The third kappa shape index (κ3) is 1.54. The average molecular weight is 170 g/mol. The molecule has 0 bridgehead atoms. The normalized spacial score (nSPS) is 9.83. The molecule has 0 aliphatic heterocycles. The van der Waals surface area contributed by atoms with Crippen molar-refractivity contribution in [2.24, 2.45) is 0 Å². The van der Waals surface area contributed by atoms with E-state index in [1.165, 1.54) is 20.2 Å². The number of amides is 1. The Morgan fingerprint density at radius 3 is 2.92 bits per heavy atom. The third-order valence-electron chi connectivity index (χ3n) is 1.39. The molecule has 3 N–H and O–H groups in total. The summed E-state index contributed by atoms with van der Waals surface area (Å²) in [5.74, 6) is -0.0375. The van der Waals surface area contributed by atoms with Crippen molar-refractivity contribution in [3.8, 4) is 0 Å². The number of hydroxylamine groups is 2. The molecule has 1 rings (SSSR count). The molecule has 0 aromatic carbocycles. The second kappa shape index (κ2) is 3.22. The monoisotopic (exact) mass is 170 g/mol. The van der Waals surface area contributed by atoms with E-state index in [0.717, 1.165) is 5.06 Å².